The maximum atomic E-state index is 12.9. The van der Waals surface area contributed by atoms with Gasteiger partial charge in [-0.3, -0.25) is 14.2 Å². The van der Waals surface area contributed by atoms with Crippen LogP contribution in [-0.4, -0.2) is 20.7 Å². The number of benzene rings is 2. The van der Waals surface area contributed by atoms with Crippen LogP contribution < -0.4 is 10.9 Å². The third kappa shape index (κ3) is 3.94. The minimum Gasteiger partial charge on any atom is -0.348 e. The summed E-state index contributed by atoms with van der Waals surface area (Å²) >= 11 is 1.34. The highest BCUT2D eigenvalue weighted by Crippen LogP contribution is 2.30. The number of aryl methyl sites for hydroxylation is 1. The van der Waals surface area contributed by atoms with E-state index in [2.05, 4.69) is 28.5 Å². The zero-order valence-electron chi connectivity index (χ0n) is 16.7. The van der Waals surface area contributed by atoms with E-state index in [4.69, 9.17) is 0 Å². The summed E-state index contributed by atoms with van der Waals surface area (Å²) in [6.07, 6.45) is 3.09. The number of thioether (sulfide) groups is 1. The second kappa shape index (κ2) is 8.41. The number of para-hydroxylation sites is 1. The molecule has 1 aliphatic carbocycles. The Morgan fingerprint density at radius 3 is 2.83 bits per heavy atom. The van der Waals surface area contributed by atoms with E-state index in [1.165, 1.54) is 22.9 Å². The van der Waals surface area contributed by atoms with Crippen LogP contribution in [0.2, 0.25) is 0 Å². The van der Waals surface area contributed by atoms with Gasteiger partial charge in [0.05, 0.1) is 22.2 Å². The van der Waals surface area contributed by atoms with Crippen molar-refractivity contribution in [2.24, 2.45) is 0 Å². The monoisotopic (exact) mass is 407 g/mol. The molecule has 0 saturated heterocycles. The number of fused-ring (bicyclic) bond motifs is 2. The standard InChI is InChI=1S/C23H25N3O2S/c1-3-26-22(28)18-12-6-7-13-20(18)25-23(26)29-15(2)21(27)24-19-14-8-10-16-9-4-5-11-17(16)19/h4-7,9,11-13,15,19H,3,8,10,14H2,1-2H3,(H,24,27)/t15-,19-/m1/s1. The first-order valence-corrected chi connectivity index (χ1v) is 11.0. The second-order valence-corrected chi connectivity index (χ2v) is 8.68. The van der Waals surface area contributed by atoms with Gasteiger partial charge in [-0.25, -0.2) is 4.98 Å². The van der Waals surface area contributed by atoms with Gasteiger partial charge in [0.25, 0.3) is 5.56 Å². The average Bonchev–Trinajstić information content (AvgIpc) is 2.74. The van der Waals surface area contributed by atoms with E-state index in [1.807, 2.05) is 38.1 Å². The van der Waals surface area contributed by atoms with E-state index in [0.717, 1.165) is 19.3 Å². The summed E-state index contributed by atoms with van der Waals surface area (Å²) < 4.78 is 1.65. The van der Waals surface area contributed by atoms with Crippen LogP contribution in [0.5, 0.6) is 0 Å². The molecular weight excluding hydrogens is 382 g/mol. The molecule has 150 valence electrons. The predicted molar refractivity (Wildman–Crippen MR) is 117 cm³/mol. The van der Waals surface area contributed by atoms with Gasteiger partial charge in [-0.2, -0.15) is 0 Å². The molecule has 1 aromatic heterocycles. The zero-order chi connectivity index (χ0) is 20.4. The first-order chi connectivity index (χ1) is 14.1. The lowest BCUT2D eigenvalue weighted by Crippen LogP contribution is -2.36. The molecule has 4 rings (SSSR count). The highest BCUT2D eigenvalue weighted by Gasteiger charge is 2.25. The average molecular weight is 408 g/mol. The number of amides is 1. The van der Waals surface area contributed by atoms with Gasteiger partial charge >= 0.3 is 0 Å². The van der Waals surface area contributed by atoms with Crippen molar-refractivity contribution < 1.29 is 4.79 Å². The Hall–Kier alpha value is -2.60. The van der Waals surface area contributed by atoms with Crippen molar-refractivity contribution in [2.45, 2.75) is 56.1 Å². The smallest absolute Gasteiger partial charge is 0.262 e. The minimum absolute atomic E-state index is 0.0261. The van der Waals surface area contributed by atoms with E-state index < -0.39 is 0 Å². The summed E-state index contributed by atoms with van der Waals surface area (Å²) in [4.78, 5) is 30.4. The molecule has 0 bridgehead atoms. The number of hydrogen-bond acceptors (Lipinski definition) is 4. The first-order valence-electron chi connectivity index (χ1n) is 10.1. The third-order valence-corrected chi connectivity index (χ3v) is 6.57. The number of aromatic nitrogens is 2. The van der Waals surface area contributed by atoms with E-state index in [-0.39, 0.29) is 22.8 Å². The maximum absolute atomic E-state index is 12.9. The Kier molecular flexibility index (Phi) is 5.72. The van der Waals surface area contributed by atoms with E-state index in [1.54, 1.807) is 10.6 Å². The lowest BCUT2D eigenvalue weighted by molar-refractivity contribution is -0.121. The van der Waals surface area contributed by atoms with Gasteiger partial charge in [0.2, 0.25) is 5.91 Å². The van der Waals surface area contributed by atoms with E-state index >= 15 is 0 Å². The first kappa shape index (κ1) is 19.7. The Morgan fingerprint density at radius 1 is 1.24 bits per heavy atom. The van der Waals surface area contributed by atoms with Crippen LogP contribution in [0.25, 0.3) is 10.9 Å². The molecule has 1 aliphatic rings. The van der Waals surface area contributed by atoms with Crippen molar-refractivity contribution in [2.75, 3.05) is 0 Å². The molecule has 29 heavy (non-hydrogen) atoms. The van der Waals surface area contributed by atoms with Crippen molar-refractivity contribution >= 4 is 28.6 Å². The Balaban J connectivity index is 1.55. The molecule has 2 atom stereocenters. The molecule has 6 heteroatoms. The normalized spacial score (nSPS) is 17.0. The zero-order valence-corrected chi connectivity index (χ0v) is 17.5. The summed E-state index contributed by atoms with van der Waals surface area (Å²) in [6, 6.07) is 15.7. The molecule has 3 aromatic rings. The van der Waals surface area contributed by atoms with Crippen molar-refractivity contribution in [1.82, 2.24) is 14.9 Å². The predicted octanol–water partition coefficient (Wildman–Crippen LogP) is 4.09. The fourth-order valence-corrected chi connectivity index (χ4v) is 4.90. The summed E-state index contributed by atoms with van der Waals surface area (Å²) in [6.45, 7) is 4.31. The minimum atomic E-state index is -0.352. The molecule has 0 unspecified atom stereocenters. The lowest BCUT2D eigenvalue weighted by Gasteiger charge is -2.27. The lowest BCUT2D eigenvalue weighted by atomic mass is 9.88. The van der Waals surface area contributed by atoms with Crippen LogP contribution in [0.3, 0.4) is 0 Å². The third-order valence-electron chi connectivity index (χ3n) is 5.48. The second-order valence-electron chi connectivity index (χ2n) is 7.37. The largest absolute Gasteiger partial charge is 0.348 e. The Morgan fingerprint density at radius 2 is 2.00 bits per heavy atom. The van der Waals surface area contributed by atoms with E-state index in [0.29, 0.717) is 22.6 Å². The summed E-state index contributed by atoms with van der Waals surface area (Å²) in [5.41, 5.74) is 3.15. The highest BCUT2D eigenvalue weighted by molar-refractivity contribution is 8.00. The highest BCUT2D eigenvalue weighted by atomic mass is 32.2. The Labute approximate surface area is 174 Å². The van der Waals surface area contributed by atoms with Crippen LogP contribution in [0, 0.1) is 0 Å². The molecule has 1 amide bonds. The molecule has 0 saturated carbocycles. The number of rotatable bonds is 5. The van der Waals surface area contributed by atoms with Crippen LogP contribution in [0.4, 0.5) is 0 Å². The molecule has 1 heterocycles. The molecule has 5 nitrogen and oxygen atoms in total. The van der Waals surface area contributed by atoms with Crippen molar-refractivity contribution in [3.05, 3.63) is 70.0 Å². The van der Waals surface area contributed by atoms with Gasteiger partial charge in [0, 0.05) is 6.54 Å². The fourth-order valence-electron chi connectivity index (χ4n) is 3.92. The number of carbonyl (C=O) groups excluding carboxylic acids is 1. The van der Waals surface area contributed by atoms with Gasteiger partial charge in [0.15, 0.2) is 5.16 Å². The van der Waals surface area contributed by atoms with Gasteiger partial charge < -0.3 is 5.32 Å². The van der Waals surface area contributed by atoms with Crippen LogP contribution in [0.1, 0.15) is 43.9 Å². The number of hydrogen-bond donors (Lipinski definition) is 1. The van der Waals surface area contributed by atoms with Crippen LogP contribution in [-0.2, 0) is 17.8 Å². The summed E-state index contributed by atoms with van der Waals surface area (Å²) in [5, 5.41) is 4.05. The number of carbonyl (C=O) groups is 1. The molecular formula is C23H25N3O2S. The molecule has 1 N–H and O–H groups in total. The van der Waals surface area contributed by atoms with Crippen LogP contribution in [0.15, 0.2) is 58.5 Å². The number of nitrogens with one attached hydrogen (secondary N) is 1. The maximum Gasteiger partial charge on any atom is 0.262 e. The van der Waals surface area contributed by atoms with Gasteiger partial charge in [-0.15, -0.1) is 0 Å². The van der Waals surface area contributed by atoms with E-state index in [9.17, 15) is 9.59 Å². The Bertz CT molecular complexity index is 1110. The number of nitrogens with zero attached hydrogens (tertiary/aromatic N) is 2. The topological polar surface area (TPSA) is 64.0 Å². The molecule has 2 aromatic carbocycles. The summed E-state index contributed by atoms with van der Waals surface area (Å²) in [5.74, 6) is -0.0261. The van der Waals surface area contributed by atoms with Gasteiger partial charge in [0.1, 0.15) is 0 Å². The summed E-state index contributed by atoms with van der Waals surface area (Å²) in [7, 11) is 0. The quantitative estimate of drug-likeness (QED) is 0.511. The molecule has 0 aliphatic heterocycles. The molecule has 0 radical (unpaired) electrons. The SMILES string of the molecule is CCn1c(S[C@H](C)C(=O)N[C@@H]2CCCc3ccccc32)nc2ccccc2c1=O. The van der Waals surface area contributed by atoms with Gasteiger partial charge in [-0.1, -0.05) is 48.2 Å². The van der Waals surface area contributed by atoms with Crippen molar-refractivity contribution in [1.29, 1.82) is 0 Å². The van der Waals surface area contributed by atoms with Crippen molar-refractivity contribution in [3.8, 4) is 0 Å². The van der Waals surface area contributed by atoms with Crippen LogP contribution >= 0.6 is 11.8 Å². The van der Waals surface area contributed by atoms with Crippen molar-refractivity contribution in [3.63, 3.8) is 0 Å². The molecule has 0 fully saturated rings. The van der Waals surface area contributed by atoms with Gasteiger partial charge in [-0.05, 0) is 56.4 Å². The fraction of sp³-hybridized carbons (Fsp3) is 0.348. The molecule has 0 spiro atoms.